The summed E-state index contributed by atoms with van der Waals surface area (Å²) in [7, 11) is 2.07. The lowest BCUT2D eigenvalue weighted by atomic mass is 10.0. The Labute approximate surface area is 111 Å². The summed E-state index contributed by atoms with van der Waals surface area (Å²) in [5.41, 5.74) is 0. The van der Waals surface area contributed by atoms with Gasteiger partial charge in [0.1, 0.15) is 0 Å². The van der Waals surface area contributed by atoms with E-state index < -0.39 is 0 Å². The fraction of sp³-hybridized carbons (Fsp3) is 1.00. The molecule has 102 valence electrons. The van der Waals surface area contributed by atoms with Crippen LogP contribution in [0.2, 0.25) is 0 Å². The first-order valence-electron chi connectivity index (χ1n) is 7.25. The zero-order valence-corrected chi connectivity index (χ0v) is 12.4. The van der Waals surface area contributed by atoms with E-state index in [-0.39, 0.29) is 0 Å². The molecule has 2 unspecified atom stereocenters. The van der Waals surface area contributed by atoms with Crippen molar-refractivity contribution in [3.8, 4) is 0 Å². The number of rotatable bonds is 9. The summed E-state index contributed by atoms with van der Waals surface area (Å²) in [5, 5.41) is 3.44. The van der Waals surface area contributed by atoms with Gasteiger partial charge in [0, 0.05) is 17.5 Å². The SMILES string of the molecule is CCCCCCCCC(NC)C1CSCCO1. The van der Waals surface area contributed by atoms with Crippen LogP contribution in [0.15, 0.2) is 0 Å². The van der Waals surface area contributed by atoms with Crippen molar-refractivity contribution in [2.24, 2.45) is 0 Å². The van der Waals surface area contributed by atoms with Crippen LogP contribution < -0.4 is 5.32 Å². The molecule has 1 aliphatic heterocycles. The van der Waals surface area contributed by atoms with Gasteiger partial charge in [0.25, 0.3) is 0 Å². The van der Waals surface area contributed by atoms with Gasteiger partial charge in [-0.3, -0.25) is 0 Å². The third-order valence-corrected chi connectivity index (χ3v) is 4.55. The Morgan fingerprint density at radius 2 is 2.00 bits per heavy atom. The summed E-state index contributed by atoms with van der Waals surface area (Å²) in [4.78, 5) is 0. The lowest BCUT2D eigenvalue weighted by Crippen LogP contribution is -2.43. The maximum atomic E-state index is 5.84. The molecule has 17 heavy (non-hydrogen) atoms. The van der Waals surface area contributed by atoms with E-state index in [4.69, 9.17) is 4.74 Å². The van der Waals surface area contributed by atoms with Crippen LogP contribution in [0.25, 0.3) is 0 Å². The van der Waals surface area contributed by atoms with Crippen molar-refractivity contribution < 1.29 is 4.74 Å². The zero-order valence-electron chi connectivity index (χ0n) is 11.5. The molecule has 0 aromatic rings. The summed E-state index contributed by atoms with van der Waals surface area (Å²) in [5.74, 6) is 2.34. The molecule has 0 aromatic heterocycles. The van der Waals surface area contributed by atoms with Crippen LogP contribution in [-0.4, -0.2) is 37.3 Å². The van der Waals surface area contributed by atoms with E-state index in [2.05, 4.69) is 19.3 Å². The van der Waals surface area contributed by atoms with Crippen molar-refractivity contribution in [2.75, 3.05) is 25.2 Å². The van der Waals surface area contributed by atoms with Gasteiger partial charge >= 0.3 is 0 Å². The second kappa shape index (κ2) is 10.2. The monoisotopic (exact) mass is 259 g/mol. The topological polar surface area (TPSA) is 21.3 Å². The Kier molecular flexibility index (Phi) is 9.21. The number of nitrogens with one attached hydrogen (secondary N) is 1. The molecule has 0 radical (unpaired) electrons. The fourth-order valence-corrected chi connectivity index (χ4v) is 3.34. The molecular formula is C14H29NOS. The summed E-state index contributed by atoms with van der Waals surface area (Å²) in [6.07, 6.45) is 10.0. The van der Waals surface area contributed by atoms with Crippen LogP contribution in [0.5, 0.6) is 0 Å². The van der Waals surface area contributed by atoms with Gasteiger partial charge in [-0.2, -0.15) is 11.8 Å². The normalized spacial score (nSPS) is 22.6. The highest BCUT2D eigenvalue weighted by atomic mass is 32.2. The van der Waals surface area contributed by atoms with E-state index >= 15 is 0 Å². The molecule has 3 heteroatoms. The molecule has 0 aliphatic carbocycles. The maximum absolute atomic E-state index is 5.84. The highest BCUT2D eigenvalue weighted by Crippen LogP contribution is 2.19. The molecule has 1 rings (SSSR count). The minimum Gasteiger partial charge on any atom is -0.375 e. The third kappa shape index (κ3) is 6.68. The molecule has 1 N–H and O–H groups in total. The number of ether oxygens (including phenoxy) is 1. The van der Waals surface area contributed by atoms with E-state index in [1.54, 1.807) is 0 Å². The average Bonchev–Trinajstić information content (AvgIpc) is 2.39. The lowest BCUT2D eigenvalue weighted by molar-refractivity contribution is 0.0462. The molecule has 1 fully saturated rings. The van der Waals surface area contributed by atoms with Crippen molar-refractivity contribution in [3.63, 3.8) is 0 Å². The largest absolute Gasteiger partial charge is 0.375 e. The average molecular weight is 259 g/mol. The Bertz CT molecular complexity index is 172. The number of hydrogen-bond donors (Lipinski definition) is 1. The van der Waals surface area contributed by atoms with Crippen molar-refractivity contribution >= 4 is 11.8 Å². The maximum Gasteiger partial charge on any atom is 0.0818 e. The minimum absolute atomic E-state index is 0.439. The van der Waals surface area contributed by atoms with Crippen molar-refractivity contribution in [1.29, 1.82) is 0 Å². The fourth-order valence-electron chi connectivity index (χ4n) is 2.40. The molecule has 0 aromatic carbocycles. The zero-order chi connectivity index (χ0) is 12.3. The van der Waals surface area contributed by atoms with Gasteiger partial charge < -0.3 is 10.1 Å². The Morgan fingerprint density at radius 1 is 1.24 bits per heavy atom. The van der Waals surface area contributed by atoms with Crippen LogP contribution >= 0.6 is 11.8 Å². The Hall–Kier alpha value is 0.270. The van der Waals surface area contributed by atoms with Gasteiger partial charge in [-0.1, -0.05) is 45.4 Å². The van der Waals surface area contributed by atoms with Gasteiger partial charge in [0.05, 0.1) is 12.7 Å². The molecule has 0 bridgehead atoms. The van der Waals surface area contributed by atoms with Crippen LogP contribution in [-0.2, 0) is 4.74 Å². The van der Waals surface area contributed by atoms with Gasteiger partial charge in [-0.25, -0.2) is 0 Å². The summed E-state index contributed by atoms with van der Waals surface area (Å²) >= 11 is 2.03. The Morgan fingerprint density at radius 3 is 2.65 bits per heavy atom. The third-order valence-electron chi connectivity index (χ3n) is 3.53. The van der Waals surface area contributed by atoms with Crippen LogP contribution in [0, 0.1) is 0 Å². The molecule has 2 nitrogen and oxygen atoms in total. The van der Waals surface area contributed by atoms with Crippen molar-refractivity contribution in [1.82, 2.24) is 5.32 Å². The van der Waals surface area contributed by atoms with Gasteiger partial charge in [-0.15, -0.1) is 0 Å². The predicted molar refractivity (Wildman–Crippen MR) is 77.9 cm³/mol. The summed E-state index contributed by atoms with van der Waals surface area (Å²) in [6, 6.07) is 0.564. The van der Waals surface area contributed by atoms with Gasteiger partial charge in [0.2, 0.25) is 0 Å². The number of thioether (sulfide) groups is 1. The van der Waals surface area contributed by atoms with Crippen molar-refractivity contribution in [3.05, 3.63) is 0 Å². The summed E-state index contributed by atoms with van der Waals surface area (Å²) < 4.78 is 5.84. The highest BCUT2D eigenvalue weighted by molar-refractivity contribution is 7.99. The summed E-state index contributed by atoms with van der Waals surface area (Å²) in [6.45, 7) is 3.21. The number of likely N-dealkylation sites (N-methyl/N-ethyl adjacent to an activating group) is 1. The van der Waals surface area contributed by atoms with E-state index in [9.17, 15) is 0 Å². The molecule has 0 saturated carbocycles. The van der Waals surface area contributed by atoms with Crippen LogP contribution in [0.4, 0.5) is 0 Å². The minimum atomic E-state index is 0.439. The van der Waals surface area contributed by atoms with E-state index in [1.165, 1.54) is 56.5 Å². The van der Waals surface area contributed by atoms with Gasteiger partial charge in [0.15, 0.2) is 0 Å². The molecule has 1 aliphatic rings. The first-order chi connectivity index (χ1) is 8.38. The molecule has 0 spiro atoms. The smallest absolute Gasteiger partial charge is 0.0818 e. The highest BCUT2D eigenvalue weighted by Gasteiger charge is 2.22. The first-order valence-corrected chi connectivity index (χ1v) is 8.40. The molecule has 0 amide bonds. The lowest BCUT2D eigenvalue weighted by Gasteiger charge is -2.30. The molecule has 1 heterocycles. The second-order valence-electron chi connectivity index (χ2n) is 4.94. The standard InChI is InChI=1S/C14H29NOS/c1-3-4-5-6-7-8-9-13(15-2)14-12-17-11-10-16-14/h13-15H,3-12H2,1-2H3. The van der Waals surface area contributed by atoms with E-state index in [1.807, 2.05) is 11.8 Å². The quantitative estimate of drug-likeness (QED) is 0.641. The van der Waals surface area contributed by atoms with E-state index in [0.29, 0.717) is 12.1 Å². The van der Waals surface area contributed by atoms with E-state index in [0.717, 1.165) is 6.61 Å². The first kappa shape index (κ1) is 15.3. The second-order valence-corrected chi connectivity index (χ2v) is 6.09. The molecule has 1 saturated heterocycles. The van der Waals surface area contributed by atoms with Crippen LogP contribution in [0.1, 0.15) is 51.9 Å². The van der Waals surface area contributed by atoms with Crippen LogP contribution in [0.3, 0.4) is 0 Å². The number of unbranched alkanes of at least 4 members (excludes halogenated alkanes) is 5. The molecular weight excluding hydrogens is 230 g/mol. The number of hydrogen-bond acceptors (Lipinski definition) is 3. The Balaban J connectivity index is 2.05. The predicted octanol–water partition coefficient (Wildman–Crippen LogP) is 3.46. The van der Waals surface area contributed by atoms with Crippen molar-refractivity contribution in [2.45, 2.75) is 64.0 Å². The molecule has 2 atom stereocenters. The van der Waals surface area contributed by atoms with Gasteiger partial charge in [-0.05, 0) is 13.5 Å².